The van der Waals surface area contributed by atoms with Crippen LogP contribution in [0.5, 0.6) is 6.01 Å². The highest BCUT2D eigenvalue weighted by Gasteiger charge is 2.31. The smallest absolute Gasteiger partial charge is 0.322 e. The van der Waals surface area contributed by atoms with Gasteiger partial charge in [-0.1, -0.05) is 6.92 Å². The van der Waals surface area contributed by atoms with E-state index in [-0.39, 0.29) is 29.5 Å². The van der Waals surface area contributed by atoms with E-state index in [1.807, 2.05) is 6.92 Å². The van der Waals surface area contributed by atoms with Crippen LogP contribution in [0.15, 0.2) is 0 Å². The lowest BCUT2D eigenvalue weighted by Crippen LogP contribution is -2.25. The van der Waals surface area contributed by atoms with Gasteiger partial charge >= 0.3 is 6.01 Å². The average molecular weight is 321 g/mol. The number of nitrogens with one attached hydrogen (secondary N) is 1. The van der Waals surface area contributed by atoms with Crippen LogP contribution in [0.1, 0.15) is 26.2 Å². The van der Waals surface area contributed by atoms with Crippen LogP contribution in [0, 0.1) is 0 Å². The van der Waals surface area contributed by atoms with Crippen molar-refractivity contribution in [3.8, 4) is 6.01 Å². The monoisotopic (exact) mass is 320 g/mol. The Kier molecular flexibility index (Phi) is 4.98. The van der Waals surface area contributed by atoms with Gasteiger partial charge < -0.3 is 10.1 Å². The molecule has 1 aliphatic rings. The first-order chi connectivity index (χ1) is 9.51. The van der Waals surface area contributed by atoms with Gasteiger partial charge in [-0.05, 0) is 30.9 Å². The molecule has 0 radical (unpaired) electrons. The molecule has 0 aromatic carbocycles. The highest BCUT2D eigenvalue weighted by Crippen LogP contribution is 2.20. The predicted molar refractivity (Wildman–Crippen MR) is 75.9 cm³/mol. The molecule has 0 spiro atoms. The van der Waals surface area contributed by atoms with E-state index < -0.39 is 15.1 Å². The summed E-state index contributed by atoms with van der Waals surface area (Å²) in [7, 11) is -2.99. The summed E-state index contributed by atoms with van der Waals surface area (Å²) >= 11 is 5.78. The Morgan fingerprint density at radius 3 is 2.85 bits per heavy atom. The van der Waals surface area contributed by atoms with Crippen molar-refractivity contribution in [2.75, 3.05) is 24.2 Å². The van der Waals surface area contributed by atoms with E-state index in [1.165, 1.54) is 0 Å². The van der Waals surface area contributed by atoms with Gasteiger partial charge in [0.05, 0.1) is 17.6 Å². The number of hydrogen-bond donors (Lipinski definition) is 1. The Labute approximate surface area is 123 Å². The zero-order valence-electron chi connectivity index (χ0n) is 11.2. The summed E-state index contributed by atoms with van der Waals surface area (Å²) in [6, 6.07) is 0.142. The second-order valence-corrected chi connectivity index (χ2v) is 7.31. The van der Waals surface area contributed by atoms with Crippen molar-refractivity contribution in [2.45, 2.75) is 31.4 Å². The van der Waals surface area contributed by atoms with Crippen molar-refractivity contribution in [1.82, 2.24) is 15.0 Å². The lowest BCUT2D eigenvalue weighted by Gasteiger charge is -2.11. The second-order valence-electron chi connectivity index (χ2n) is 4.57. The molecule has 1 aromatic heterocycles. The highest BCUT2D eigenvalue weighted by molar-refractivity contribution is 7.92. The number of aromatic nitrogens is 3. The summed E-state index contributed by atoms with van der Waals surface area (Å²) in [6.45, 7) is 2.72. The van der Waals surface area contributed by atoms with Crippen molar-refractivity contribution < 1.29 is 13.2 Å². The van der Waals surface area contributed by atoms with E-state index in [0.717, 1.165) is 6.42 Å². The van der Waals surface area contributed by atoms with Crippen LogP contribution < -0.4 is 10.1 Å². The first-order valence-electron chi connectivity index (χ1n) is 6.51. The van der Waals surface area contributed by atoms with E-state index >= 15 is 0 Å². The first kappa shape index (κ1) is 15.2. The fraction of sp³-hybridized carbons (Fsp3) is 0.727. The van der Waals surface area contributed by atoms with Gasteiger partial charge in [-0.15, -0.1) is 0 Å². The van der Waals surface area contributed by atoms with E-state index in [2.05, 4.69) is 20.3 Å². The number of sulfone groups is 1. The van der Waals surface area contributed by atoms with Crippen LogP contribution in [0.3, 0.4) is 0 Å². The lowest BCUT2D eigenvalue weighted by atomic mass is 10.2. The third-order valence-corrected chi connectivity index (χ3v) is 5.42. The molecule has 1 fully saturated rings. The maximum absolute atomic E-state index is 11.7. The van der Waals surface area contributed by atoms with Crippen LogP contribution in [0.25, 0.3) is 0 Å². The molecule has 1 aliphatic heterocycles. The molecule has 1 atom stereocenters. The number of hydrogen-bond acceptors (Lipinski definition) is 7. The number of ether oxygens (including phenoxy) is 1. The van der Waals surface area contributed by atoms with Gasteiger partial charge in [0, 0.05) is 6.54 Å². The minimum Gasteiger partial charge on any atom is -0.463 e. The normalized spacial score (nSPS) is 20.8. The summed E-state index contributed by atoms with van der Waals surface area (Å²) in [5.74, 6) is 0.487. The van der Waals surface area contributed by atoms with Gasteiger partial charge in [0.25, 0.3) is 0 Å². The van der Waals surface area contributed by atoms with Gasteiger partial charge in [-0.3, -0.25) is 0 Å². The standard InChI is InChI=1S/C11H17ClN4O3S/c1-2-5-19-11-15-9(12)14-10(16-11)13-7-8-4-3-6-20(8,17)18/h8H,2-7H2,1H3,(H,13,14,15,16). The van der Waals surface area contributed by atoms with Crippen LogP contribution in [0.2, 0.25) is 5.28 Å². The van der Waals surface area contributed by atoms with E-state index in [1.54, 1.807) is 0 Å². The van der Waals surface area contributed by atoms with E-state index in [4.69, 9.17) is 16.3 Å². The van der Waals surface area contributed by atoms with Crippen molar-refractivity contribution >= 4 is 27.4 Å². The van der Waals surface area contributed by atoms with E-state index in [9.17, 15) is 8.42 Å². The second kappa shape index (κ2) is 6.53. The van der Waals surface area contributed by atoms with Gasteiger partial charge in [0.2, 0.25) is 11.2 Å². The molecule has 112 valence electrons. The molecule has 20 heavy (non-hydrogen) atoms. The molecule has 2 rings (SSSR count). The number of rotatable bonds is 6. The summed E-state index contributed by atoms with van der Waals surface area (Å²) in [5, 5.41) is 2.52. The number of anilines is 1. The Bertz CT molecular complexity index is 567. The van der Waals surface area contributed by atoms with Crippen LogP contribution >= 0.6 is 11.6 Å². The predicted octanol–water partition coefficient (Wildman–Crippen LogP) is 1.30. The highest BCUT2D eigenvalue weighted by atomic mass is 35.5. The minimum absolute atomic E-state index is 0.0166. The zero-order valence-corrected chi connectivity index (χ0v) is 12.7. The molecular formula is C11H17ClN4O3S. The van der Waals surface area contributed by atoms with Crippen LogP contribution in [-0.4, -0.2) is 47.5 Å². The maximum atomic E-state index is 11.7. The van der Waals surface area contributed by atoms with Crippen molar-refractivity contribution in [3.05, 3.63) is 5.28 Å². The maximum Gasteiger partial charge on any atom is 0.322 e. The third kappa shape index (κ3) is 3.92. The van der Waals surface area contributed by atoms with Crippen molar-refractivity contribution in [2.24, 2.45) is 0 Å². The molecule has 0 saturated carbocycles. The first-order valence-corrected chi connectivity index (χ1v) is 8.60. The molecule has 1 aromatic rings. The molecule has 0 bridgehead atoms. The lowest BCUT2D eigenvalue weighted by molar-refractivity contribution is 0.291. The molecule has 0 amide bonds. The summed E-state index contributed by atoms with van der Waals surface area (Å²) < 4.78 is 28.7. The summed E-state index contributed by atoms with van der Waals surface area (Å²) in [6.07, 6.45) is 2.19. The van der Waals surface area contributed by atoms with Gasteiger partial charge in [-0.25, -0.2) is 8.42 Å². The Morgan fingerprint density at radius 2 is 2.20 bits per heavy atom. The quantitative estimate of drug-likeness (QED) is 0.844. The molecular weight excluding hydrogens is 304 g/mol. The molecule has 2 heterocycles. The molecule has 1 unspecified atom stereocenters. The fourth-order valence-electron chi connectivity index (χ4n) is 1.96. The molecule has 0 aliphatic carbocycles. The van der Waals surface area contributed by atoms with Gasteiger partial charge in [0.15, 0.2) is 9.84 Å². The van der Waals surface area contributed by atoms with Crippen LogP contribution in [0.4, 0.5) is 5.95 Å². The van der Waals surface area contributed by atoms with E-state index in [0.29, 0.717) is 19.4 Å². The Hall–Kier alpha value is -1.15. The Morgan fingerprint density at radius 1 is 1.40 bits per heavy atom. The molecule has 1 N–H and O–H groups in total. The van der Waals surface area contributed by atoms with Gasteiger partial charge in [0.1, 0.15) is 0 Å². The number of halogens is 1. The SMILES string of the molecule is CCCOc1nc(Cl)nc(NCC2CCCS2(=O)=O)n1. The zero-order chi connectivity index (χ0) is 14.6. The largest absolute Gasteiger partial charge is 0.463 e. The van der Waals surface area contributed by atoms with Crippen molar-refractivity contribution in [1.29, 1.82) is 0 Å². The topological polar surface area (TPSA) is 94.1 Å². The molecule has 9 heteroatoms. The fourth-order valence-corrected chi connectivity index (χ4v) is 3.88. The van der Waals surface area contributed by atoms with Crippen LogP contribution in [-0.2, 0) is 9.84 Å². The molecule has 7 nitrogen and oxygen atoms in total. The van der Waals surface area contributed by atoms with Gasteiger partial charge in [-0.2, -0.15) is 15.0 Å². The van der Waals surface area contributed by atoms with Crippen molar-refractivity contribution in [3.63, 3.8) is 0 Å². The minimum atomic E-state index is -2.99. The third-order valence-electron chi connectivity index (χ3n) is 2.97. The summed E-state index contributed by atoms with van der Waals surface area (Å²) in [4.78, 5) is 11.8. The Balaban J connectivity index is 2.00. The summed E-state index contributed by atoms with van der Waals surface area (Å²) in [5.41, 5.74) is 0. The number of nitrogens with zero attached hydrogens (tertiary/aromatic N) is 3. The molecule has 1 saturated heterocycles. The average Bonchev–Trinajstić information content (AvgIpc) is 2.72.